The van der Waals surface area contributed by atoms with Gasteiger partial charge in [0, 0.05) is 17.8 Å². The Labute approximate surface area is 133 Å². The van der Waals surface area contributed by atoms with Crippen molar-refractivity contribution in [3.05, 3.63) is 64.7 Å². The number of rotatable bonds is 6. The summed E-state index contributed by atoms with van der Waals surface area (Å²) < 4.78 is 5.52. The molecule has 0 aliphatic heterocycles. The zero-order chi connectivity index (χ0) is 15.8. The highest BCUT2D eigenvalue weighted by molar-refractivity contribution is 7.80. The Balaban J connectivity index is 1.70. The minimum Gasteiger partial charge on any atom is -0.492 e. The molecule has 0 fully saturated rings. The van der Waals surface area contributed by atoms with E-state index < -0.39 is 4.92 Å². The second-order valence-electron chi connectivity index (χ2n) is 4.35. The van der Waals surface area contributed by atoms with Gasteiger partial charge in [-0.3, -0.25) is 10.1 Å². The lowest BCUT2D eigenvalue weighted by Gasteiger charge is -2.11. The molecule has 0 aliphatic carbocycles. The molecule has 114 valence electrons. The molecule has 0 bridgehead atoms. The van der Waals surface area contributed by atoms with Gasteiger partial charge >= 0.3 is 0 Å². The molecule has 0 spiro atoms. The average molecular weight is 317 g/mol. The monoisotopic (exact) mass is 317 g/mol. The summed E-state index contributed by atoms with van der Waals surface area (Å²) in [5, 5.41) is 16.9. The molecule has 0 amide bonds. The number of non-ortho nitro benzene ring substituents is 1. The van der Waals surface area contributed by atoms with Crippen LogP contribution in [0.25, 0.3) is 0 Å². The summed E-state index contributed by atoms with van der Waals surface area (Å²) in [6.45, 7) is 1.03. The fourth-order valence-corrected chi connectivity index (χ4v) is 1.91. The van der Waals surface area contributed by atoms with E-state index in [0.717, 1.165) is 5.75 Å². The van der Waals surface area contributed by atoms with E-state index in [1.165, 1.54) is 12.1 Å². The van der Waals surface area contributed by atoms with Crippen LogP contribution in [0.15, 0.2) is 54.6 Å². The van der Waals surface area contributed by atoms with Gasteiger partial charge in [0.25, 0.3) is 5.69 Å². The van der Waals surface area contributed by atoms with E-state index >= 15 is 0 Å². The number of benzene rings is 2. The van der Waals surface area contributed by atoms with Gasteiger partial charge in [-0.25, -0.2) is 0 Å². The molecular formula is C15H15N3O3S. The molecule has 0 unspecified atom stereocenters. The minimum absolute atomic E-state index is 0.0423. The summed E-state index contributed by atoms with van der Waals surface area (Å²) >= 11 is 5.14. The molecule has 2 aromatic rings. The van der Waals surface area contributed by atoms with Crippen molar-refractivity contribution in [1.29, 1.82) is 0 Å². The van der Waals surface area contributed by atoms with Crippen molar-refractivity contribution in [3.63, 3.8) is 0 Å². The van der Waals surface area contributed by atoms with Gasteiger partial charge in [-0.15, -0.1) is 0 Å². The Kier molecular flexibility index (Phi) is 5.67. The standard InChI is InChI=1S/C15H15N3O3S/c19-18(20)13-8-6-12(7-9-13)17-15(22)16-10-11-21-14-4-2-1-3-5-14/h1-9H,10-11H2,(H2,16,17,22). The van der Waals surface area contributed by atoms with Crippen LogP contribution in [-0.2, 0) is 0 Å². The molecule has 0 heterocycles. The van der Waals surface area contributed by atoms with E-state index in [1.54, 1.807) is 12.1 Å². The van der Waals surface area contributed by atoms with Crippen LogP contribution in [0.5, 0.6) is 5.75 Å². The van der Waals surface area contributed by atoms with E-state index in [1.807, 2.05) is 30.3 Å². The van der Waals surface area contributed by atoms with Gasteiger partial charge in [0.15, 0.2) is 5.11 Å². The molecule has 0 aromatic heterocycles. The smallest absolute Gasteiger partial charge is 0.269 e. The number of nitrogens with one attached hydrogen (secondary N) is 2. The summed E-state index contributed by atoms with van der Waals surface area (Å²) in [5.41, 5.74) is 0.729. The van der Waals surface area contributed by atoms with Crippen molar-refractivity contribution < 1.29 is 9.66 Å². The molecule has 7 heteroatoms. The van der Waals surface area contributed by atoms with Gasteiger partial charge in [-0.05, 0) is 36.5 Å². The first-order valence-corrected chi connectivity index (χ1v) is 7.03. The van der Waals surface area contributed by atoms with E-state index in [4.69, 9.17) is 17.0 Å². The lowest BCUT2D eigenvalue weighted by atomic mass is 10.3. The molecule has 0 atom stereocenters. The van der Waals surface area contributed by atoms with Crippen molar-refractivity contribution >= 4 is 28.7 Å². The van der Waals surface area contributed by atoms with Gasteiger partial charge in [-0.2, -0.15) is 0 Å². The van der Waals surface area contributed by atoms with Crippen molar-refractivity contribution in [3.8, 4) is 5.75 Å². The van der Waals surface area contributed by atoms with Gasteiger partial charge in [0.2, 0.25) is 0 Å². The molecule has 2 N–H and O–H groups in total. The number of ether oxygens (including phenoxy) is 1. The van der Waals surface area contributed by atoms with Crippen molar-refractivity contribution in [2.24, 2.45) is 0 Å². The zero-order valence-corrected chi connectivity index (χ0v) is 12.5. The van der Waals surface area contributed by atoms with Crippen LogP contribution in [-0.4, -0.2) is 23.2 Å². The third kappa shape index (κ3) is 5.02. The zero-order valence-electron chi connectivity index (χ0n) is 11.7. The maximum absolute atomic E-state index is 10.6. The highest BCUT2D eigenvalue weighted by Gasteiger charge is 2.04. The van der Waals surface area contributed by atoms with Crippen molar-refractivity contribution in [2.75, 3.05) is 18.5 Å². The highest BCUT2D eigenvalue weighted by atomic mass is 32.1. The Morgan fingerprint density at radius 3 is 2.45 bits per heavy atom. The topological polar surface area (TPSA) is 76.4 Å². The first-order valence-electron chi connectivity index (χ1n) is 6.62. The maximum atomic E-state index is 10.6. The van der Waals surface area contributed by atoms with Gasteiger partial charge in [0.05, 0.1) is 11.5 Å². The number of para-hydroxylation sites is 1. The number of anilines is 1. The predicted molar refractivity (Wildman–Crippen MR) is 89.3 cm³/mol. The first kappa shape index (κ1) is 15.7. The summed E-state index contributed by atoms with van der Waals surface area (Å²) in [7, 11) is 0. The second kappa shape index (κ2) is 7.94. The largest absolute Gasteiger partial charge is 0.492 e. The van der Waals surface area contributed by atoms with Gasteiger partial charge < -0.3 is 15.4 Å². The quantitative estimate of drug-likeness (QED) is 0.369. The molecule has 22 heavy (non-hydrogen) atoms. The Morgan fingerprint density at radius 1 is 1.14 bits per heavy atom. The predicted octanol–water partition coefficient (Wildman–Crippen LogP) is 2.96. The van der Waals surface area contributed by atoms with Crippen LogP contribution in [0.4, 0.5) is 11.4 Å². The number of thiocarbonyl (C=S) groups is 1. The number of nitro benzene ring substituents is 1. The normalized spacial score (nSPS) is 9.82. The SMILES string of the molecule is O=[N+]([O-])c1ccc(NC(=S)NCCOc2ccccc2)cc1. The average Bonchev–Trinajstić information content (AvgIpc) is 2.53. The number of hydrogen-bond acceptors (Lipinski definition) is 4. The molecule has 2 aromatic carbocycles. The lowest BCUT2D eigenvalue weighted by molar-refractivity contribution is -0.384. The number of hydrogen-bond donors (Lipinski definition) is 2. The summed E-state index contributed by atoms with van der Waals surface area (Å²) in [5.74, 6) is 0.804. The van der Waals surface area contributed by atoms with Crippen LogP contribution in [0, 0.1) is 10.1 Å². The summed E-state index contributed by atoms with van der Waals surface area (Å²) in [4.78, 5) is 10.1. The Morgan fingerprint density at radius 2 is 1.82 bits per heavy atom. The highest BCUT2D eigenvalue weighted by Crippen LogP contribution is 2.15. The fraction of sp³-hybridized carbons (Fsp3) is 0.133. The van der Waals surface area contributed by atoms with Crippen LogP contribution < -0.4 is 15.4 Å². The fourth-order valence-electron chi connectivity index (χ4n) is 1.69. The molecule has 6 nitrogen and oxygen atoms in total. The van der Waals surface area contributed by atoms with E-state index in [9.17, 15) is 10.1 Å². The van der Waals surface area contributed by atoms with Crippen LogP contribution in [0.3, 0.4) is 0 Å². The summed E-state index contributed by atoms with van der Waals surface area (Å²) in [6.07, 6.45) is 0. The van der Waals surface area contributed by atoms with Crippen molar-refractivity contribution in [1.82, 2.24) is 5.32 Å². The second-order valence-corrected chi connectivity index (χ2v) is 4.75. The van der Waals surface area contributed by atoms with E-state index in [2.05, 4.69) is 10.6 Å². The Hall–Kier alpha value is -2.67. The molecule has 0 saturated heterocycles. The van der Waals surface area contributed by atoms with E-state index in [-0.39, 0.29) is 5.69 Å². The molecule has 2 rings (SSSR count). The lowest BCUT2D eigenvalue weighted by Crippen LogP contribution is -2.31. The van der Waals surface area contributed by atoms with E-state index in [0.29, 0.717) is 24.0 Å². The van der Waals surface area contributed by atoms with Crippen LogP contribution in [0.1, 0.15) is 0 Å². The number of nitro groups is 1. The third-order valence-corrected chi connectivity index (χ3v) is 2.98. The molecule has 0 aliphatic rings. The third-order valence-electron chi connectivity index (χ3n) is 2.74. The van der Waals surface area contributed by atoms with Gasteiger partial charge in [0.1, 0.15) is 12.4 Å². The summed E-state index contributed by atoms with van der Waals surface area (Å²) in [6, 6.07) is 15.6. The minimum atomic E-state index is -0.443. The molecule has 0 saturated carbocycles. The maximum Gasteiger partial charge on any atom is 0.269 e. The molecular weight excluding hydrogens is 302 g/mol. The number of nitrogens with zero attached hydrogens (tertiary/aromatic N) is 1. The van der Waals surface area contributed by atoms with Gasteiger partial charge in [-0.1, -0.05) is 18.2 Å². The first-order chi connectivity index (χ1) is 10.6. The van der Waals surface area contributed by atoms with Crippen LogP contribution >= 0.6 is 12.2 Å². The Bertz CT molecular complexity index is 632. The van der Waals surface area contributed by atoms with Crippen LogP contribution in [0.2, 0.25) is 0 Å². The van der Waals surface area contributed by atoms with Crippen molar-refractivity contribution in [2.45, 2.75) is 0 Å². The molecule has 0 radical (unpaired) electrons.